The number of nitrogens with zero attached hydrogens (tertiary/aromatic N) is 2. The minimum atomic E-state index is 0.460. The largest absolute Gasteiger partial charge is 0.261 e. The molecule has 1 heterocycles. The van der Waals surface area contributed by atoms with Crippen molar-refractivity contribution in [1.82, 2.24) is 4.57 Å². The predicted molar refractivity (Wildman–Crippen MR) is 187 cm³/mol. The Bertz CT molecular complexity index is 1080. The van der Waals surface area contributed by atoms with Crippen LogP contribution in [0.1, 0.15) is 171 Å². The number of benzene rings is 2. The molecule has 0 aliphatic rings. The molecule has 238 valence electrons. The highest BCUT2D eigenvalue weighted by atomic mass is 15.2. The van der Waals surface area contributed by atoms with Crippen LogP contribution in [0.25, 0.3) is 0 Å². The summed E-state index contributed by atoms with van der Waals surface area (Å²) in [5.74, 6) is 1.98. The minimum absolute atomic E-state index is 0.460. The first-order valence-electron chi connectivity index (χ1n) is 18.3. The maximum absolute atomic E-state index is 2.69. The molecule has 3 rings (SSSR count). The molecule has 0 aliphatic heterocycles. The molecule has 0 aliphatic carbocycles. The van der Waals surface area contributed by atoms with Crippen LogP contribution < -0.4 is 4.57 Å². The van der Waals surface area contributed by atoms with Crippen LogP contribution in [0.2, 0.25) is 0 Å². The second-order valence-electron chi connectivity index (χ2n) is 13.5. The SMILES string of the molecule is CCCCCCCCCCCCCCCCCCC[n+]1c(CC(C)c2ccccc2)cn(C(C)C)c1Cc1ccccc1. The second-order valence-corrected chi connectivity index (χ2v) is 13.5. The summed E-state index contributed by atoms with van der Waals surface area (Å²) in [4.78, 5) is 0. The lowest BCUT2D eigenvalue weighted by molar-refractivity contribution is -0.710. The van der Waals surface area contributed by atoms with Crippen LogP contribution >= 0.6 is 0 Å². The molecule has 2 heteroatoms. The van der Waals surface area contributed by atoms with E-state index in [1.54, 1.807) is 0 Å². The molecule has 0 bridgehead atoms. The summed E-state index contributed by atoms with van der Waals surface area (Å²) in [6.07, 6.45) is 28.7. The Morgan fingerprint density at radius 2 is 1.05 bits per heavy atom. The summed E-state index contributed by atoms with van der Waals surface area (Å²) in [5.41, 5.74) is 4.34. The summed E-state index contributed by atoms with van der Waals surface area (Å²) in [7, 11) is 0. The molecule has 0 saturated heterocycles. The fourth-order valence-corrected chi connectivity index (χ4v) is 6.67. The van der Waals surface area contributed by atoms with E-state index in [1.165, 1.54) is 132 Å². The van der Waals surface area contributed by atoms with E-state index in [4.69, 9.17) is 0 Å². The zero-order valence-electron chi connectivity index (χ0n) is 28.5. The van der Waals surface area contributed by atoms with E-state index in [2.05, 4.69) is 104 Å². The van der Waals surface area contributed by atoms with Gasteiger partial charge in [0.25, 0.3) is 5.82 Å². The first-order chi connectivity index (χ1) is 21.1. The van der Waals surface area contributed by atoms with Crippen LogP contribution in [0.4, 0.5) is 0 Å². The summed E-state index contributed by atoms with van der Waals surface area (Å²) in [6.45, 7) is 10.5. The van der Waals surface area contributed by atoms with Gasteiger partial charge in [0.05, 0.1) is 19.0 Å². The zero-order chi connectivity index (χ0) is 30.5. The van der Waals surface area contributed by atoms with Crippen LogP contribution in [0.3, 0.4) is 0 Å². The van der Waals surface area contributed by atoms with E-state index in [1.807, 2.05) is 0 Å². The molecule has 0 fully saturated rings. The van der Waals surface area contributed by atoms with Gasteiger partial charge in [-0.15, -0.1) is 0 Å². The topological polar surface area (TPSA) is 8.81 Å². The third-order valence-corrected chi connectivity index (χ3v) is 9.38. The first kappa shape index (κ1) is 35.1. The van der Waals surface area contributed by atoms with Gasteiger partial charge in [-0.1, -0.05) is 171 Å². The lowest BCUT2D eigenvalue weighted by Gasteiger charge is -2.12. The van der Waals surface area contributed by atoms with E-state index in [9.17, 15) is 0 Å². The Labute approximate surface area is 266 Å². The fraction of sp³-hybridized carbons (Fsp3) is 0.634. The Morgan fingerprint density at radius 1 is 0.581 bits per heavy atom. The van der Waals surface area contributed by atoms with Gasteiger partial charge < -0.3 is 0 Å². The van der Waals surface area contributed by atoms with Crippen molar-refractivity contribution in [3.05, 3.63) is 89.5 Å². The molecule has 3 aromatic rings. The maximum atomic E-state index is 2.69. The summed E-state index contributed by atoms with van der Waals surface area (Å²) < 4.78 is 5.24. The molecule has 1 atom stereocenters. The number of aromatic nitrogens is 2. The highest BCUT2D eigenvalue weighted by molar-refractivity contribution is 5.21. The number of rotatable bonds is 24. The maximum Gasteiger partial charge on any atom is 0.261 e. The van der Waals surface area contributed by atoms with Gasteiger partial charge in [0.1, 0.15) is 11.9 Å². The molecular weight excluding hydrogens is 520 g/mol. The molecule has 0 N–H and O–H groups in total. The standard InChI is InChI=1S/C41H65N2/c1-5-6-7-8-9-10-11-12-13-14-15-16-17-18-19-20-27-32-42-40(33-37(4)39-30-25-22-26-31-39)35-43(36(2)3)41(42)34-38-28-23-21-24-29-38/h21-26,28-31,35-37H,5-20,27,32-34H2,1-4H3/q+1. The van der Waals surface area contributed by atoms with Crippen molar-refractivity contribution < 1.29 is 4.57 Å². The smallest absolute Gasteiger partial charge is 0.232 e. The van der Waals surface area contributed by atoms with Crippen molar-refractivity contribution in [2.24, 2.45) is 0 Å². The van der Waals surface area contributed by atoms with Gasteiger partial charge in [-0.3, -0.25) is 0 Å². The monoisotopic (exact) mass is 586 g/mol. The van der Waals surface area contributed by atoms with Crippen molar-refractivity contribution in [3.8, 4) is 0 Å². The van der Waals surface area contributed by atoms with Crippen molar-refractivity contribution >= 4 is 0 Å². The number of unbranched alkanes of at least 4 members (excludes halogenated alkanes) is 16. The molecule has 1 aromatic heterocycles. The molecule has 0 radical (unpaired) electrons. The van der Waals surface area contributed by atoms with E-state index in [0.717, 1.165) is 19.4 Å². The molecule has 2 nitrogen and oxygen atoms in total. The van der Waals surface area contributed by atoms with Crippen molar-refractivity contribution in [2.45, 2.75) is 168 Å². The normalized spacial score (nSPS) is 12.3. The van der Waals surface area contributed by atoms with Crippen LogP contribution in [-0.4, -0.2) is 4.57 Å². The summed E-state index contributed by atoms with van der Waals surface area (Å²) in [5, 5.41) is 0. The van der Waals surface area contributed by atoms with Gasteiger partial charge in [-0.2, -0.15) is 0 Å². The molecule has 0 amide bonds. The lowest BCUT2D eigenvalue weighted by Crippen LogP contribution is -2.42. The van der Waals surface area contributed by atoms with E-state index in [-0.39, 0.29) is 0 Å². The fourth-order valence-electron chi connectivity index (χ4n) is 6.67. The van der Waals surface area contributed by atoms with E-state index < -0.39 is 0 Å². The predicted octanol–water partition coefficient (Wildman–Crippen LogP) is 11.9. The molecule has 2 aromatic carbocycles. The van der Waals surface area contributed by atoms with E-state index in [0.29, 0.717) is 12.0 Å². The van der Waals surface area contributed by atoms with Gasteiger partial charge in [-0.25, -0.2) is 9.13 Å². The van der Waals surface area contributed by atoms with Gasteiger partial charge in [0.2, 0.25) is 0 Å². The van der Waals surface area contributed by atoms with E-state index >= 15 is 0 Å². The lowest BCUT2D eigenvalue weighted by atomic mass is 9.96. The van der Waals surface area contributed by atoms with Crippen molar-refractivity contribution in [3.63, 3.8) is 0 Å². The molecule has 0 saturated carbocycles. The van der Waals surface area contributed by atoms with Gasteiger partial charge in [-0.05, 0) is 43.7 Å². The highest BCUT2D eigenvalue weighted by Crippen LogP contribution is 2.22. The second kappa shape index (κ2) is 21.4. The van der Waals surface area contributed by atoms with Crippen LogP contribution in [0.15, 0.2) is 66.9 Å². The number of imidazole rings is 1. The average molecular weight is 586 g/mol. The van der Waals surface area contributed by atoms with Crippen LogP contribution in [0.5, 0.6) is 0 Å². The zero-order valence-corrected chi connectivity index (χ0v) is 28.5. The van der Waals surface area contributed by atoms with Gasteiger partial charge in [0.15, 0.2) is 0 Å². The molecule has 0 spiro atoms. The number of hydrogen-bond donors (Lipinski definition) is 0. The summed E-state index contributed by atoms with van der Waals surface area (Å²) in [6, 6.07) is 22.6. The summed E-state index contributed by atoms with van der Waals surface area (Å²) >= 11 is 0. The van der Waals surface area contributed by atoms with Crippen molar-refractivity contribution in [1.29, 1.82) is 0 Å². The van der Waals surface area contributed by atoms with Gasteiger partial charge in [0, 0.05) is 6.42 Å². The molecule has 1 unspecified atom stereocenters. The van der Waals surface area contributed by atoms with Crippen molar-refractivity contribution in [2.75, 3.05) is 0 Å². The minimum Gasteiger partial charge on any atom is -0.232 e. The van der Waals surface area contributed by atoms with Gasteiger partial charge >= 0.3 is 0 Å². The Hall–Kier alpha value is -2.35. The quantitative estimate of drug-likeness (QED) is 0.0730. The molecule has 43 heavy (non-hydrogen) atoms. The molecular formula is C41H65N2+. The Morgan fingerprint density at radius 3 is 1.53 bits per heavy atom. The first-order valence-corrected chi connectivity index (χ1v) is 18.3. The Balaban J connectivity index is 1.43. The Kier molecular flexibility index (Phi) is 17.5. The third-order valence-electron chi connectivity index (χ3n) is 9.38. The average Bonchev–Trinajstić information content (AvgIpc) is 3.36. The highest BCUT2D eigenvalue weighted by Gasteiger charge is 2.26. The van der Waals surface area contributed by atoms with Crippen LogP contribution in [0, 0.1) is 0 Å². The third kappa shape index (κ3) is 13.4. The van der Waals surface area contributed by atoms with Crippen LogP contribution in [-0.2, 0) is 19.4 Å². The number of hydrogen-bond acceptors (Lipinski definition) is 0.